The molecule has 0 bridgehead atoms. The summed E-state index contributed by atoms with van der Waals surface area (Å²) >= 11 is 1.56. The maximum Gasteiger partial charge on any atom is 0.256 e. The van der Waals surface area contributed by atoms with E-state index in [1.165, 1.54) is 0 Å². The first kappa shape index (κ1) is 6.61. The van der Waals surface area contributed by atoms with Crippen LogP contribution in [0.4, 0.5) is 5.00 Å². The van der Waals surface area contributed by atoms with Crippen LogP contribution in [0.15, 0.2) is 17.5 Å². The monoisotopic (exact) mass is 165 g/mol. The number of hydrogen-bond acceptors (Lipinski definition) is 2. The highest BCUT2D eigenvalue weighted by molar-refractivity contribution is 7.15. The zero-order valence-corrected chi connectivity index (χ0v) is 6.87. The number of allylic oxidation sites excluding steroid dienone is 1. The summed E-state index contributed by atoms with van der Waals surface area (Å²) in [4.78, 5) is 11.2. The van der Waals surface area contributed by atoms with E-state index in [1.54, 1.807) is 11.3 Å². The van der Waals surface area contributed by atoms with Gasteiger partial charge < -0.3 is 5.32 Å². The van der Waals surface area contributed by atoms with E-state index in [0.717, 1.165) is 16.1 Å². The lowest BCUT2D eigenvalue weighted by atomic mass is 10.1. The predicted octanol–water partition coefficient (Wildman–Crippen LogP) is 2.10. The molecule has 56 valence electrons. The van der Waals surface area contributed by atoms with Crippen LogP contribution >= 0.6 is 11.3 Å². The summed E-state index contributed by atoms with van der Waals surface area (Å²) in [5.41, 5.74) is 1.84. The summed E-state index contributed by atoms with van der Waals surface area (Å²) in [5, 5.41) is 5.74. The molecule has 0 saturated heterocycles. The topological polar surface area (TPSA) is 29.1 Å². The van der Waals surface area contributed by atoms with Crippen molar-refractivity contribution in [2.24, 2.45) is 0 Å². The average Bonchev–Trinajstić information content (AvgIpc) is 2.46. The molecule has 2 nitrogen and oxygen atoms in total. The summed E-state index contributed by atoms with van der Waals surface area (Å²) in [5.74, 6) is 0.0225. The molecule has 1 aliphatic rings. The van der Waals surface area contributed by atoms with Crippen molar-refractivity contribution < 1.29 is 4.79 Å². The van der Waals surface area contributed by atoms with Crippen molar-refractivity contribution in [3.8, 4) is 0 Å². The molecule has 0 aliphatic carbocycles. The number of carbonyl (C=O) groups is 1. The smallest absolute Gasteiger partial charge is 0.256 e. The normalized spacial score (nSPS) is 18.6. The molecule has 3 heteroatoms. The molecule has 1 aromatic rings. The zero-order chi connectivity index (χ0) is 7.84. The Morgan fingerprint density at radius 2 is 2.45 bits per heavy atom. The van der Waals surface area contributed by atoms with Gasteiger partial charge in [0, 0.05) is 11.1 Å². The number of amides is 1. The Morgan fingerprint density at radius 3 is 3.18 bits per heavy atom. The highest BCUT2D eigenvalue weighted by Crippen LogP contribution is 2.35. The Balaban J connectivity index is 2.60. The van der Waals surface area contributed by atoms with Crippen LogP contribution in [0, 0.1) is 0 Å². The quantitative estimate of drug-likeness (QED) is 0.586. The van der Waals surface area contributed by atoms with Gasteiger partial charge in [-0.3, -0.25) is 4.79 Å². The SMILES string of the molecule is C/C=C1\C(=O)Nc2sccc21. The van der Waals surface area contributed by atoms with Gasteiger partial charge in [0.15, 0.2) is 0 Å². The first-order chi connectivity index (χ1) is 5.33. The molecule has 2 rings (SSSR count). The summed E-state index contributed by atoms with van der Waals surface area (Å²) in [6, 6.07) is 1.97. The number of fused-ring (bicyclic) bond motifs is 1. The van der Waals surface area contributed by atoms with E-state index in [2.05, 4.69) is 5.32 Å². The second-order valence-electron chi connectivity index (χ2n) is 2.32. The number of thiophene rings is 1. The fourth-order valence-electron chi connectivity index (χ4n) is 1.20. The van der Waals surface area contributed by atoms with Crippen LogP contribution in [0.1, 0.15) is 12.5 Å². The van der Waals surface area contributed by atoms with Gasteiger partial charge >= 0.3 is 0 Å². The van der Waals surface area contributed by atoms with Gasteiger partial charge in [-0.05, 0) is 18.4 Å². The predicted molar refractivity (Wildman–Crippen MR) is 46.6 cm³/mol. The van der Waals surface area contributed by atoms with Gasteiger partial charge in [0.25, 0.3) is 5.91 Å². The minimum Gasteiger partial charge on any atom is -0.313 e. The molecule has 1 aromatic heterocycles. The van der Waals surface area contributed by atoms with Crippen molar-refractivity contribution in [3.05, 3.63) is 23.1 Å². The van der Waals surface area contributed by atoms with Crippen molar-refractivity contribution in [3.63, 3.8) is 0 Å². The van der Waals surface area contributed by atoms with E-state index in [-0.39, 0.29) is 5.91 Å². The van der Waals surface area contributed by atoms with Crippen LogP contribution in [0.5, 0.6) is 0 Å². The van der Waals surface area contributed by atoms with Gasteiger partial charge in [-0.1, -0.05) is 6.08 Å². The summed E-state index contributed by atoms with van der Waals surface area (Å²) in [7, 11) is 0. The summed E-state index contributed by atoms with van der Waals surface area (Å²) in [6.07, 6.45) is 1.84. The minimum absolute atomic E-state index is 0.0225. The van der Waals surface area contributed by atoms with Gasteiger partial charge in [-0.25, -0.2) is 0 Å². The Kier molecular flexibility index (Phi) is 1.32. The second kappa shape index (κ2) is 2.20. The first-order valence-corrected chi connectivity index (χ1v) is 4.26. The van der Waals surface area contributed by atoms with E-state index in [9.17, 15) is 4.79 Å². The van der Waals surface area contributed by atoms with E-state index in [1.807, 2.05) is 24.4 Å². The maximum absolute atomic E-state index is 11.2. The molecule has 2 heterocycles. The summed E-state index contributed by atoms with van der Waals surface area (Å²) in [6.45, 7) is 1.88. The molecule has 0 unspecified atom stereocenters. The zero-order valence-electron chi connectivity index (χ0n) is 6.05. The molecule has 0 aromatic carbocycles. The van der Waals surface area contributed by atoms with Gasteiger partial charge in [0.1, 0.15) is 5.00 Å². The molecule has 0 radical (unpaired) electrons. The Labute approximate surface area is 68.5 Å². The van der Waals surface area contributed by atoms with Crippen LogP contribution in [-0.4, -0.2) is 5.91 Å². The van der Waals surface area contributed by atoms with Crippen molar-refractivity contribution in [1.29, 1.82) is 0 Å². The lowest BCUT2D eigenvalue weighted by molar-refractivity contribution is -0.110. The van der Waals surface area contributed by atoms with Gasteiger partial charge in [0.2, 0.25) is 0 Å². The highest BCUT2D eigenvalue weighted by Gasteiger charge is 2.23. The number of hydrogen-bond donors (Lipinski definition) is 1. The van der Waals surface area contributed by atoms with Crippen LogP contribution in [0.3, 0.4) is 0 Å². The van der Waals surface area contributed by atoms with Gasteiger partial charge in [-0.2, -0.15) is 0 Å². The number of rotatable bonds is 0. The van der Waals surface area contributed by atoms with Crippen LogP contribution in [-0.2, 0) is 4.79 Å². The van der Waals surface area contributed by atoms with Crippen molar-refractivity contribution in [2.45, 2.75) is 6.92 Å². The molecule has 1 N–H and O–H groups in total. The third kappa shape index (κ3) is 0.811. The van der Waals surface area contributed by atoms with E-state index < -0.39 is 0 Å². The molecule has 0 spiro atoms. The minimum atomic E-state index is 0.0225. The molecule has 11 heavy (non-hydrogen) atoms. The molecule has 0 saturated carbocycles. The second-order valence-corrected chi connectivity index (χ2v) is 3.24. The number of carbonyl (C=O) groups excluding carboxylic acids is 1. The molecular weight excluding hydrogens is 158 g/mol. The van der Waals surface area contributed by atoms with Crippen LogP contribution < -0.4 is 5.32 Å². The van der Waals surface area contributed by atoms with E-state index in [0.29, 0.717) is 0 Å². The average molecular weight is 165 g/mol. The third-order valence-corrected chi connectivity index (χ3v) is 2.55. The molecular formula is C8H7NOS. The fraction of sp³-hybridized carbons (Fsp3) is 0.125. The van der Waals surface area contributed by atoms with Crippen LogP contribution in [0.2, 0.25) is 0 Å². The molecule has 0 atom stereocenters. The van der Waals surface area contributed by atoms with E-state index >= 15 is 0 Å². The van der Waals surface area contributed by atoms with Crippen LogP contribution in [0.25, 0.3) is 5.57 Å². The standard InChI is InChI=1S/C8H7NOS/c1-2-5-6-3-4-11-8(6)9-7(5)10/h2-4H,1H3,(H,9,10)/b5-2-. The first-order valence-electron chi connectivity index (χ1n) is 3.38. The van der Waals surface area contributed by atoms with E-state index in [4.69, 9.17) is 0 Å². The van der Waals surface area contributed by atoms with Crippen molar-refractivity contribution >= 4 is 27.8 Å². The summed E-state index contributed by atoms with van der Waals surface area (Å²) < 4.78 is 0. The number of nitrogens with one attached hydrogen (secondary N) is 1. The third-order valence-electron chi connectivity index (χ3n) is 1.72. The molecule has 1 amide bonds. The maximum atomic E-state index is 11.2. The Hall–Kier alpha value is -1.09. The van der Waals surface area contributed by atoms with Gasteiger partial charge in [0.05, 0.1) is 0 Å². The van der Waals surface area contributed by atoms with Crippen molar-refractivity contribution in [2.75, 3.05) is 5.32 Å². The Bertz CT molecular complexity index is 338. The lowest BCUT2D eigenvalue weighted by Gasteiger charge is -1.89. The van der Waals surface area contributed by atoms with Gasteiger partial charge in [-0.15, -0.1) is 11.3 Å². The fourth-order valence-corrected chi connectivity index (χ4v) is 1.99. The Morgan fingerprint density at radius 1 is 1.64 bits per heavy atom. The molecule has 0 fully saturated rings. The largest absolute Gasteiger partial charge is 0.313 e. The lowest BCUT2D eigenvalue weighted by Crippen LogP contribution is -2.03. The highest BCUT2D eigenvalue weighted by atomic mass is 32.1. The molecule has 1 aliphatic heterocycles. The van der Waals surface area contributed by atoms with Crippen molar-refractivity contribution in [1.82, 2.24) is 0 Å². The number of anilines is 1.